The van der Waals surface area contributed by atoms with Gasteiger partial charge in [-0.15, -0.1) is 0 Å². The molecule has 1 aromatic rings. The molecule has 1 aliphatic rings. The summed E-state index contributed by atoms with van der Waals surface area (Å²) in [6, 6.07) is 9.36. The van der Waals surface area contributed by atoms with Gasteiger partial charge in [-0.3, -0.25) is 4.79 Å². The molecule has 0 radical (unpaired) electrons. The maximum atomic E-state index is 12.3. The molecule has 1 aromatic carbocycles. The molecular formula is C16H23NO2. The van der Waals surface area contributed by atoms with Crippen LogP contribution in [0.2, 0.25) is 0 Å². The quantitative estimate of drug-likeness (QED) is 0.828. The summed E-state index contributed by atoms with van der Waals surface area (Å²) in [6.07, 6.45) is 3.56. The largest absolute Gasteiger partial charge is 0.373 e. The molecule has 1 unspecified atom stereocenters. The highest BCUT2D eigenvalue weighted by molar-refractivity contribution is 5.95. The lowest BCUT2D eigenvalue weighted by atomic mass is 9.61. The summed E-state index contributed by atoms with van der Waals surface area (Å²) >= 11 is 0. The monoisotopic (exact) mass is 261 g/mol. The molecule has 1 saturated heterocycles. The number of aliphatic hydroxyl groups is 1. The fraction of sp³-hybridized carbons (Fsp3) is 0.562. The van der Waals surface area contributed by atoms with Crippen molar-refractivity contribution in [2.24, 2.45) is 0 Å². The molecule has 0 aromatic heterocycles. The first-order valence-corrected chi connectivity index (χ1v) is 7.10. The van der Waals surface area contributed by atoms with E-state index in [1.54, 1.807) is 4.90 Å². The molecular weight excluding hydrogens is 238 g/mol. The van der Waals surface area contributed by atoms with E-state index in [1.165, 1.54) is 0 Å². The lowest BCUT2D eigenvalue weighted by Gasteiger charge is -2.62. The van der Waals surface area contributed by atoms with Crippen molar-refractivity contribution >= 4 is 5.91 Å². The van der Waals surface area contributed by atoms with Crippen LogP contribution in [0.1, 0.15) is 45.1 Å². The number of carbonyl (C=O) groups is 1. The van der Waals surface area contributed by atoms with E-state index >= 15 is 0 Å². The van der Waals surface area contributed by atoms with Crippen molar-refractivity contribution < 1.29 is 9.90 Å². The van der Waals surface area contributed by atoms with Crippen LogP contribution in [0.3, 0.4) is 0 Å². The number of amides is 1. The second kappa shape index (κ2) is 4.97. The third kappa shape index (κ3) is 1.71. The predicted molar refractivity (Wildman–Crippen MR) is 75.7 cm³/mol. The first kappa shape index (κ1) is 14.1. The molecule has 0 aliphatic carbocycles. The highest BCUT2D eigenvalue weighted by Crippen LogP contribution is 2.52. The van der Waals surface area contributed by atoms with Gasteiger partial charge in [0, 0.05) is 7.05 Å². The van der Waals surface area contributed by atoms with Gasteiger partial charge in [0.15, 0.2) is 5.60 Å². The van der Waals surface area contributed by atoms with Gasteiger partial charge in [0.2, 0.25) is 0 Å². The highest BCUT2D eigenvalue weighted by atomic mass is 16.3. The second-order valence-electron chi connectivity index (χ2n) is 5.47. The summed E-state index contributed by atoms with van der Waals surface area (Å²) < 4.78 is 0. The molecule has 2 rings (SSSR count). The van der Waals surface area contributed by atoms with Crippen molar-refractivity contribution in [2.45, 2.75) is 50.7 Å². The zero-order valence-electron chi connectivity index (χ0n) is 12.0. The fourth-order valence-electron chi connectivity index (χ4n) is 3.55. The van der Waals surface area contributed by atoms with Crippen LogP contribution in [0, 0.1) is 0 Å². The third-order valence-corrected chi connectivity index (χ3v) is 4.45. The van der Waals surface area contributed by atoms with Gasteiger partial charge in [-0.2, -0.15) is 0 Å². The highest BCUT2D eigenvalue weighted by Gasteiger charge is 2.68. The molecule has 3 heteroatoms. The summed E-state index contributed by atoms with van der Waals surface area (Å²) in [5, 5.41) is 11.1. The van der Waals surface area contributed by atoms with E-state index in [2.05, 4.69) is 13.8 Å². The molecule has 0 saturated carbocycles. The van der Waals surface area contributed by atoms with Gasteiger partial charge >= 0.3 is 0 Å². The summed E-state index contributed by atoms with van der Waals surface area (Å²) in [7, 11) is 1.81. The third-order valence-electron chi connectivity index (χ3n) is 4.45. The maximum absolute atomic E-state index is 12.3. The Kier molecular flexibility index (Phi) is 3.68. The summed E-state index contributed by atoms with van der Waals surface area (Å²) in [6.45, 7) is 4.19. The molecule has 104 valence electrons. The number of rotatable bonds is 5. The molecule has 3 nitrogen and oxygen atoms in total. The SMILES string of the molecule is CCCC1(CCC)N(C)C(=O)C1(O)c1ccccc1. The van der Waals surface area contributed by atoms with Gasteiger partial charge in [-0.1, -0.05) is 57.0 Å². The lowest BCUT2D eigenvalue weighted by molar-refractivity contribution is -0.222. The summed E-state index contributed by atoms with van der Waals surface area (Å²) in [5.41, 5.74) is -1.08. The smallest absolute Gasteiger partial charge is 0.262 e. The predicted octanol–water partition coefficient (Wildman–Crippen LogP) is 2.69. The number of hydrogen-bond acceptors (Lipinski definition) is 2. The molecule has 1 N–H and O–H groups in total. The molecule has 1 fully saturated rings. The minimum absolute atomic E-state index is 0.180. The van der Waals surface area contributed by atoms with Crippen LogP contribution < -0.4 is 0 Å². The average Bonchev–Trinajstić information content (AvgIpc) is 2.45. The number of likely N-dealkylation sites (N-methyl/N-ethyl adjacent to an activating group) is 1. The molecule has 0 spiro atoms. The van der Waals surface area contributed by atoms with Gasteiger partial charge < -0.3 is 10.0 Å². The van der Waals surface area contributed by atoms with Crippen molar-refractivity contribution in [1.82, 2.24) is 4.90 Å². The molecule has 0 bridgehead atoms. The van der Waals surface area contributed by atoms with Crippen LogP contribution in [0.5, 0.6) is 0 Å². The molecule has 19 heavy (non-hydrogen) atoms. The van der Waals surface area contributed by atoms with Gasteiger partial charge in [-0.25, -0.2) is 0 Å². The maximum Gasteiger partial charge on any atom is 0.262 e. The number of hydrogen-bond donors (Lipinski definition) is 1. The molecule has 1 amide bonds. The number of β-lactam (4-membered cyclic amide) rings is 1. The van der Waals surface area contributed by atoms with Crippen LogP contribution in [0.4, 0.5) is 0 Å². The Hall–Kier alpha value is -1.35. The summed E-state index contributed by atoms with van der Waals surface area (Å²) in [5.74, 6) is -0.180. The van der Waals surface area contributed by atoms with E-state index in [-0.39, 0.29) is 5.91 Å². The Bertz CT molecular complexity index is 451. The van der Waals surface area contributed by atoms with E-state index in [9.17, 15) is 9.90 Å². The first-order chi connectivity index (χ1) is 9.04. The summed E-state index contributed by atoms with van der Waals surface area (Å²) in [4.78, 5) is 14.1. The van der Waals surface area contributed by atoms with Crippen molar-refractivity contribution in [3.8, 4) is 0 Å². The van der Waals surface area contributed by atoms with Gasteiger partial charge in [0.1, 0.15) is 0 Å². The molecule has 1 atom stereocenters. The minimum Gasteiger partial charge on any atom is -0.373 e. The van der Waals surface area contributed by atoms with Crippen molar-refractivity contribution in [1.29, 1.82) is 0 Å². The van der Waals surface area contributed by atoms with Crippen molar-refractivity contribution in [3.05, 3.63) is 35.9 Å². The van der Waals surface area contributed by atoms with Crippen LogP contribution >= 0.6 is 0 Å². The van der Waals surface area contributed by atoms with Crippen LogP contribution in [0.15, 0.2) is 30.3 Å². The van der Waals surface area contributed by atoms with Crippen LogP contribution in [-0.2, 0) is 10.4 Å². The van der Waals surface area contributed by atoms with E-state index in [4.69, 9.17) is 0 Å². The normalized spacial score (nSPS) is 25.3. The number of nitrogens with zero attached hydrogens (tertiary/aromatic N) is 1. The van der Waals surface area contributed by atoms with Crippen LogP contribution in [-0.4, -0.2) is 28.5 Å². The Morgan fingerprint density at radius 3 is 2.11 bits per heavy atom. The second-order valence-corrected chi connectivity index (χ2v) is 5.47. The van der Waals surface area contributed by atoms with Gasteiger partial charge in [0.05, 0.1) is 5.54 Å². The lowest BCUT2D eigenvalue weighted by Crippen LogP contribution is -2.79. The zero-order chi connectivity index (χ0) is 14.1. The average molecular weight is 261 g/mol. The molecule has 1 heterocycles. The van der Waals surface area contributed by atoms with E-state index in [0.717, 1.165) is 31.2 Å². The number of likely N-dealkylation sites (tertiary alicyclic amines) is 1. The number of carbonyl (C=O) groups excluding carboxylic acids is 1. The Morgan fingerprint density at radius 2 is 1.63 bits per heavy atom. The topological polar surface area (TPSA) is 40.5 Å². The minimum atomic E-state index is -1.35. The van der Waals surface area contributed by atoms with Crippen LogP contribution in [0.25, 0.3) is 0 Å². The fourth-order valence-corrected chi connectivity index (χ4v) is 3.55. The van der Waals surface area contributed by atoms with Gasteiger partial charge in [0.25, 0.3) is 5.91 Å². The van der Waals surface area contributed by atoms with E-state index in [1.807, 2.05) is 37.4 Å². The Balaban J connectivity index is 2.49. The van der Waals surface area contributed by atoms with Crippen molar-refractivity contribution in [3.63, 3.8) is 0 Å². The standard InChI is InChI=1S/C16H23NO2/c1-4-11-15(12-5-2)16(19,14(18)17(15)3)13-9-7-6-8-10-13/h6-10,19H,4-5,11-12H2,1-3H3. The first-order valence-electron chi connectivity index (χ1n) is 7.10. The Morgan fingerprint density at radius 1 is 1.11 bits per heavy atom. The molecule has 1 aliphatic heterocycles. The van der Waals surface area contributed by atoms with E-state index in [0.29, 0.717) is 0 Å². The Labute approximate surface area is 115 Å². The van der Waals surface area contributed by atoms with Gasteiger partial charge in [-0.05, 0) is 18.4 Å². The zero-order valence-corrected chi connectivity index (χ0v) is 12.0. The van der Waals surface area contributed by atoms with E-state index < -0.39 is 11.1 Å². The number of benzene rings is 1. The van der Waals surface area contributed by atoms with Crippen molar-refractivity contribution in [2.75, 3.05) is 7.05 Å².